The predicted molar refractivity (Wildman–Crippen MR) is 78.5 cm³/mol. The summed E-state index contributed by atoms with van der Waals surface area (Å²) in [7, 11) is 4.10. The highest BCUT2D eigenvalue weighted by Gasteiger charge is 2.31. The molecular formula is C16H20F3N3+2. The Bertz CT molecular complexity index is 580. The molecule has 3 nitrogen and oxygen atoms in total. The number of likely N-dealkylation sites (N-methyl/N-ethyl adjacent to an activating group) is 1. The van der Waals surface area contributed by atoms with Crippen molar-refractivity contribution in [3.8, 4) is 0 Å². The fraction of sp³-hybridized carbons (Fsp3) is 0.312. The molecule has 0 fully saturated rings. The number of alkyl halides is 3. The molecule has 2 aromatic rings. The zero-order chi connectivity index (χ0) is 16.2. The van der Waals surface area contributed by atoms with Gasteiger partial charge in [-0.05, 0) is 6.07 Å². The number of anilines is 1. The minimum Gasteiger partial charge on any atom is -0.330 e. The maximum Gasteiger partial charge on any atom is 0.419 e. The fourth-order valence-electron chi connectivity index (χ4n) is 2.26. The monoisotopic (exact) mass is 311 g/mol. The van der Waals surface area contributed by atoms with Crippen molar-refractivity contribution >= 4 is 5.82 Å². The summed E-state index contributed by atoms with van der Waals surface area (Å²) >= 11 is 0. The number of benzene rings is 1. The van der Waals surface area contributed by atoms with Gasteiger partial charge in [0.05, 0.1) is 19.7 Å². The zero-order valence-corrected chi connectivity index (χ0v) is 12.5. The van der Waals surface area contributed by atoms with Gasteiger partial charge in [-0.25, -0.2) is 4.98 Å². The van der Waals surface area contributed by atoms with E-state index in [-0.39, 0.29) is 6.04 Å². The van der Waals surface area contributed by atoms with Gasteiger partial charge in [0, 0.05) is 11.6 Å². The summed E-state index contributed by atoms with van der Waals surface area (Å²) in [5.41, 5.74) is 0.498. The Morgan fingerprint density at radius 2 is 1.77 bits per heavy atom. The van der Waals surface area contributed by atoms with Crippen molar-refractivity contribution in [3.05, 3.63) is 59.8 Å². The highest BCUT2D eigenvalue weighted by atomic mass is 19.4. The topological polar surface area (TPSA) is 30.6 Å². The molecule has 0 spiro atoms. The van der Waals surface area contributed by atoms with E-state index in [1.165, 1.54) is 16.5 Å². The predicted octanol–water partition coefficient (Wildman–Crippen LogP) is 1.82. The van der Waals surface area contributed by atoms with Crippen molar-refractivity contribution in [1.82, 2.24) is 0 Å². The minimum absolute atomic E-state index is 0.205. The normalized spacial score (nSPS) is 13.2. The van der Waals surface area contributed by atoms with Crippen molar-refractivity contribution < 1.29 is 23.1 Å². The van der Waals surface area contributed by atoms with Gasteiger partial charge in [0.2, 0.25) is 0 Å². The molecule has 0 saturated heterocycles. The molecule has 1 aromatic heterocycles. The number of quaternary nitrogens is 1. The molecule has 0 aliphatic heterocycles. The van der Waals surface area contributed by atoms with E-state index < -0.39 is 11.7 Å². The zero-order valence-electron chi connectivity index (χ0n) is 12.5. The van der Waals surface area contributed by atoms with Gasteiger partial charge < -0.3 is 4.90 Å². The Morgan fingerprint density at radius 3 is 2.27 bits per heavy atom. The Balaban J connectivity index is 2.04. The van der Waals surface area contributed by atoms with Crippen molar-refractivity contribution in [2.24, 2.45) is 0 Å². The lowest BCUT2D eigenvalue weighted by atomic mass is 10.1. The second kappa shape index (κ2) is 6.79. The van der Waals surface area contributed by atoms with Gasteiger partial charge in [-0.15, -0.1) is 0 Å². The lowest BCUT2D eigenvalue weighted by Gasteiger charge is -2.20. The molecular weight excluding hydrogens is 291 g/mol. The van der Waals surface area contributed by atoms with Crippen molar-refractivity contribution in [3.63, 3.8) is 0 Å². The maximum absolute atomic E-state index is 12.5. The largest absolute Gasteiger partial charge is 0.419 e. The molecule has 1 heterocycles. The average Bonchev–Trinajstić information content (AvgIpc) is 2.48. The molecule has 0 unspecified atom stereocenters. The molecule has 0 radical (unpaired) electrons. The van der Waals surface area contributed by atoms with Crippen LogP contribution in [0.1, 0.15) is 17.2 Å². The van der Waals surface area contributed by atoms with Crippen LogP contribution in [0.15, 0.2) is 48.7 Å². The second-order valence-electron chi connectivity index (χ2n) is 5.41. The molecule has 118 valence electrons. The molecule has 0 saturated carbocycles. The van der Waals surface area contributed by atoms with E-state index in [1.807, 2.05) is 18.2 Å². The van der Waals surface area contributed by atoms with Crippen LogP contribution < -0.4 is 15.2 Å². The van der Waals surface area contributed by atoms with Gasteiger partial charge in [-0.3, -0.25) is 5.32 Å². The van der Waals surface area contributed by atoms with Gasteiger partial charge in [0.15, 0.2) is 6.04 Å². The van der Waals surface area contributed by atoms with Crippen LogP contribution in [-0.4, -0.2) is 20.6 Å². The Kier molecular flexibility index (Phi) is 5.03. The van der Waals surface area contributed by atoms with E-state index in [4.69, 9.17) is 0 Å². The summed E-state index contributed by atoms with van der Waals surface area (Å²) < 4.78 is 37.6. The number of nitrogens with one attached hydrogen (secondary N) is 3. The van der Waals surface area contributed by atoms with E-state index in [9.17, 15) is 13.2 Å². The third kappa shape index (κ3) is 4.21. The SMILES string of the molecule is C[NH+](C)[C@H](CNc1ccc(C(F)(F)F)c[nH+]1)c1ccccc1. The minimum atomic E-state index is -4.32. The number of hydrogen-bond acceptors (Lipinski definition) is 1. The standard InChI is InChI=1S/C16H18F3N3/c1-22(2)14(12-6-4-3-5-7-12)11-21-15-9-8-13(10-20-15)16(17,18)19/h3-10,14H,11H2,1-2H3,(H,20,21)/p+2/t14-/m1/s1. The van der Waals surface area contributed by atoms with Gasteiger partial charge in [0.25, 0.3) is 5.82 Å². The summed E-state index contributed by atoms with van der Waals surface area (Å²) in [6.45, 7) is 0.619. The van der Waals surface area contributed by atoms with Crippen LogP contribution in [0.4, 0.5) is 19.0 Å². The summed E-state index contributed by atoms with van der Waals surface area (Å²) in [5, 5.41) is 3.16. The van der Waals surface area contributed by atoms with Crippen LogP contribution in [0.25, 0.3) is 0 Å². The van der Waals surface area contributed by atoms with Crippen LogP contribution in [0.3, 0.4) is 0 Å². The third-order valence-electron chi connectivity index (χ3n) is 3.54. The number of pyridine rings is 1. The summed E-state index contributed by atoms with van der Waals surface area (Å²) in [5.74, 6) is 0.565. The smallest absolute Gasteiger partial charge is 0.330 e. The number of H-pyrrole nitrogens is 1. The van der Waals surface area contributed by atoms with E-state index in [0.29, 0.717) is 12.4 Å². The molecule has 1 atom stereocenters. The number of rotatable bonds is 5. The first-order valence-electron chi connectivity index (χ1n) is 7.05. The Hall–Kier alpha value is -2.08. The molecule has 22 heavy (non-hydrogen) atoms. The second-order valence-corrected chi connectivity index (χ2v) is 5.41. The summed E-state index contributed by atoms with van der Waals surface area (Å²) in [4.78, 5) is 3.89. The molecule has 0 aliphatic rings. The van der Waals surface area contributed by atoms with Gasteiger partial charge >= 0.3 is 6.18 Å². The first-order valence-corrected chi connectivity index (χ1v) is 7.05. The lowest BCUT2D eigenvalue weighted by molar-refractivity contribution is -0.890. The summed E-state index contributed by atoms with van der Waals surface area (Å²) in [6.07, 6.45) is -3.35. The maximum atomic E-state index is 12.5. The Labute approximate surface area is 127 Å². The van der Waals surface area contributed by atoms with E-state index >= 15 is 0 Å². The molecule has 2 rings (SSSR count). The molecule has 6 heteroatoms. The van der Waals surface area contributed by atoms with Crippen LogP contribution in [-0.2, 0) is 6.18 Å². The van der Waals surface area contributed by atoms with E-state index in [0.717, 1.165) is 12.3 Å². The van der Waals surface area contributed by atoms with Crippen molar-refractivity contribution in [2.75, 3.05) is 26.0 Å². The number of hydrogen-bond donors (Lipinski definition) is 2. The fourth-order valence-corrected chi connectivity index (χ4v) is 2.26. The van der Waals surface area contributed by atoms with E-state index in [2.05, 4.69) is 36.5 Å². The lowest BCUT2D eigenvalue weighted by Crippen LogP contribution is -3.06. The van der Waals surface area contributed by atoms with Crippen LogP contribution >= 0.6 is 0 Å². The number of aromatic nitrogens is 1. The third-order valence-corrected chi connectivity index (χ3v) is 3.54. The number of halogens is 3. The van der Waals surface area contributed by atoms with Crippen LogP contribution in [0.5, 0.6) is 0 Å². The Morgan fingerprint density at radius 1 is 1.09 bits per heavy atom. The highest BCUT2D eigenvalue weighted by Crippen LogP contribution is 2.28. The quantitative estimate of drug-likeness (QED) is 0.867. The molecule has 0 aliphatic carbocycles. The molecule has 1 aromatic carbocycles. The first-order chi connectivity index (χ1) is 10.4. The van der Waals surface area contributed by atoms with Crippen molar-refractivity contribution in [2.45, 2.75) is 12.2 Å². The van der Waals surface area contributed by atoms with E-state index in [1.54, 1.807) is 0 Å². The summed E-state index contributed by atoms with van der Waals surface area (Å²) in [6, 6.07) is 12.7. The highest BCUT2D eigenvalue weighted by molar-refractivity contribution is 5.31. The van der Waals surface area contributed by atoms with Crippen LogP contribution in [0.2, 0.25) is 0 Å². The van der Waals surface area contributed by atoms with Crippen LogP contribution in [0, 0.1) is 0 Å². The van der Waals surface area contributed by atoms with Gasteiger partial charge in [-0.2, -0.15) is 13.2 Å². The first kappa shape index (κ1) is 16.3. The average molecular weight is 311 g/mol. The molecule has 3 N–H and O–H groups in total. The van der Waals surface area contributed by atoms with Gasteiger partial charge in [0.1, 0.15) is 12.7 Å². The van der Waals surface area contributed by atoms with Crippen molar-refractivity contribution in [1.29, 1.82) is 0 Å². The number of aromatic amines is 1. The molecule has 0 amide bonds. The van der Waals surface area contributed by atoms with Gasteiger partial charge in [-0.1, -0.05) is 30.3 Å². The molecule has 0 bridgehead atoms.